The number of aromatic hydroxyl groups is 4. The Morgan fingerprint density at radius 2 is 0.737 bits per heavy atom. The summed E-state index contributed by atoms with van der Waals surface area (Å²) in [5.41, 5.74) is 6.53. The molecule has 7 N–H and O–H groups in total. The molecule has 30 nitrogen and oxygen atoms in total. The van der Waals surface area contributed by atoms with E-state index in [-0.39, 0.29) is 82.8 Å². The Morgan fingerprint density at radius 3 is 1.13 bits per heavy atom. The van der Waals surface area contributed by atoms with Gasteiger partial charge in [-0.2, -0.15) is 0 Å². The van der Waals surface area contributed by atoms with Gasteiger partial charge in [-0.3, -0.25) is 43.2 Å². The smallest absolute Gasteiger partial charge is 0.303 e. The highest BCUT2D eigenvalue weighted by Crippen LogP contribution is 2.40. The third-order valence-corrected chi connectivity index (χ3v) is 19.3. The average Bonchev–Trinajstić information content (AvgIpc) is 1.12. The van der Waals surface area contributed by atoms with Crippen molar-refractivity contribution in [2.45, 2.75) is 192 Å². The van der Waals surface area contributed by atoms with Crippen molar-refractivity contribution in [1.29, 1.82) is 0 Å². The summed E-state index contributed by atoms with van der Waals surface area (Å²) >= 11 is 3.09. The number of fused-ring (bicyclic) bond motifs is 3. The molecule has 12 rings (SSSR count). The number of esters is 6. The van der Waals surface area contributed by atoms with Gasteiger partial charge in [0.1, 0.15) is 112 Å². The van der Waals surface area contributed by atoms with Crippen LogP contribution < -0.4 is 9.47 Å². The number of Topliss-reactive ketones (excluding diaryl/α,β-unsaturated/α-hetero) is 3. The Bertz CT molecular complexity index is 5050. The minimum atomic E-state index is -2.07. The maximum absolute atomic E-state index is 15.5. The second kappa shape index (κ2) is 41.1. The van der Waals surface area contributed by atoms with Crippen LogP contribution in [0.1, 0.15) is 125 Å². The lowest BCUT2D eigenvalue weighted by molar-refractivity contribution is -0.275. The standard InChI is InChI=1S/C30H31FO11.C24H25FO8.C18H16O4.C12H16BrFO7/c1-15-11-22(36)26(21(35)7-5-19-6-8-23-20(13-19)9-10-37-23)24(12-15)41-30-29(40-18(4)34)28(39-17(3)33)27(31)25(42-30)14-38-16(2)32;1-12-8-16(28)20(15(27)4-2-13-3-5-17-14(10-13)6-7-31-17)18(9-12)32-24-23(30)22(29)21(25)19(11-26)33-24;1-11-8-15(20)18(16(21)9-11)14(19)4-2-12-3-5-17-13(10-12)6-7-22-17;1-5(15)18-4-8-9(14)10(19-6(2)16)11(12(13)21-8)20-7(3)17/h6,8-13,25,27-30,36H,5,7,14H2,1-4H3;3,5-10,19,21-24,26,28-30H,2,4,11H2,1H3;3,5-10,20-21H,2,4H2,1H3;8-12H,4H2,1-3H3. The van der Waals surface area contributed by atoms with Crippen molar-refractivity contribution in [3.8, 4) is 34.5 Å². The number of ether oxygens (including phenoxy) is 11. The lowest BCUT2D eigenvalue weighted by atomic mass is 9.98. The largest absolute Gasteiger partial charge is 0.507 e. The molecule has 3 aliphatic heterocycles. The normalized spacial score (nSPS) is 22.6. The van der Waals surface area contributed by atoms with Gasteiger partial charge in [0.2, 0.25) is 18.7 Å². The molecule has 34 heteroatoms. The first-order valence-electron chi connectivity index (χ1n) is 36.9. The molecule has 3 aliphatic rings. The van der Waals surface area contributed by atoms with Gasteiger partial charge in [-0.25, -0.2) is 13.2 Å². The van der Waals surface area contributed by atoms with E-state index in [0.717, 1.165) is 78.6 Å². The number of ketones is 3. The molecule has 0 bridgehead atoms. The first kappa shape index (κ1) is 90.5. The Kier molecular flexibility index (Phi) is 31.6. The summed E-state index contributed by atoms with van der Waals surface area (Å²) in [6, 6.07) is 31.0. The molecular weight excluding hydrogens is 1630 g/mol. The third-order valence-electron chi connectivity index (χ3n) is 18.5. The van der Waals surface area contributed by atoms with E-state index in [1.807, 2.05) is 66.7 Å². The lowest BCUT2D eigenvalue weighted by Crippen LogP contribution is -2.61. The minimum Gasteiger partial charge on any atom is -0.507 e. The number of hydrogen-bond acceptors (Lipinski definition) is 30. The predicted octanol–water partition coefficient (Wildman–Crippen LogP) is 11.4. The van der Waals surface area contributed by atoms with E-state index in [2.05, 4.69) is 15.9 Å². The second-order valence-electron chi connectivity index (χ2n) is 27.9. The zero-order valence-corrected chi connectivity index (χ0v) is 66.8. The van der Waals surface area contributed by atoms with Gasteiger partial charge in [0, 0.05) is 77.0 Å². The van der Waals surface area contributed by atoms with Gasteiger partial charge in [0.15, 0.2) is 59.2 Å². The van der Waals surface area contributed by atoms with Crippen LogP contribution in [0.5, 0.6) is 34.5 Å². The molecule has 118 heavy (non-hydrogen) atoms. The monoisotopic (exact) mass is 1710 g/mol. The van der Waals surface area contributed by atoms with Crippen molar-refractivity contribution in [2.24, 2.45) is 0 Å². The lowest BCUT2D eigenvalue weighted by Gasteiger charge is -2.41. The highest BCUT2D eigenvalue weighted by molar-refractivity contribution is 9.09. The molecule has 0 amide bonds. The number of halogens is 4. The molecule has 632 valence electrons. The van der Waals surface area contributed by atoms with Crippen LogP contribution in [-0.2, 0) is 90.7 Å². The molecule has 3 aromatic heterocycles. The molecule has 0 radical (unpaired) electrons. The first-order valence-corrected chi connectivity index (χ1v) is 37.9. The molecule has 0 saturated carbocycles. The molecule has 0 aliphatic carbocycles. The highest BCUT2D eigenvalue weighted by Gasteiger charge is 2.53. The van der Waals surface area contributed by atoms with Gasteiger partial charge in [-0.1, -0.05) is 34.1 Å². The Balaban J connectivity index is 0.000000187. The fourth-order valence-electron chi connectivity index (χ4n) is 13.1. The number of phenols is 4. The molecule has 3 fully saturated rings. The van der Waals surface area contributed by atoms with Crippen molar-refractivity contribution in [3.05, 3.63) is 178 Å². The van der Waals surface area contributed by atoms with Crippen molar-refractivity contribution < 1.29 is 157 Å². The third kappa shape index (κ3) is 23.9. The number of aliphatic hydroxyl groups is 3. The van der Waals surface area contributed by atoms with E-state index >= 15 is 4.39 Å². The van der Waals surface area contributed by atoms with E-state index in [1.165, 1.54) is 43.3 Å². The maximum Gasteiger partial charge on any atom is 0.303 e. The summed E-state index contributed by atoms with van der Waals surface area (Å²) in [5, 5.41) is 72.3. The fraction of sp³-hybridized carbons (Fsp3) is 0.393. The van der Waals surface area contributed by atoms with Crippen molar-refractivity contribution >= 4 is 102 Å². The van der Waals surface area contributed by atoms with Crippen LogP contribution in [0.2, 0.25) is 0 Å². The topological polar surface area (TPSA) is 436 Å². The van der Waals surface area contributed by atoms with Gasteiger partial charge in [-0.05, 0) is 164 Å². The number of furan rings is 3. The van der Waals surface area contributed by atoms with Crippen LogP contribution in [-0.4, -0.2) is 200 Å². The molecule has 6 aromatic carbocycles. The van der Waals surface area contributed by atoms with Crippen molar-refractivity contribution in [1.82, 2.24) is 0 Å². The zero-order valence-electron chi connectivity index (χ0n) is 65.2. The highest BCUT2D eigenvalue weighted by atomic mass is 79.9. The van der Waals surface area contributed by atoms with Gasteiger partial charge in [0.05, 0.1) is 25.4 Å². The van der Waals surface area contributed by atoms with Crippen LogP contribution in [0.3, 0.4) is 0 Å². The predicted molar refractivity (Wildman–Crippen MR) is 412 cm³/mol. The Morgan fingerprint density at radius 1 is 0.398 bits per heavy atom. The summed E-state index contributed by atoms with van der Waals surface area (Å²) in [5.74, 6) is -6.81. The van der Waals surface area contributed by atoms with Crippen LogP contribution >= 0.6 is 15.9 Å². The Hall–Kier alpha value is -11.4. The molecule has 3 saturated heterocycles. The molecule has 0 spiro atoms. The number of carbonyl (C=O) groups is 9. The Labute approximate surface area is 680 Å². The van der Waals surface area contributed by atoms with Crippen LogP contribution in [0.15, 0.2) is 141 Å². The fourth-order valence-corrected chi connectivity index (χ4v) is 13.8. The number of rotatable bonds is 25. The van der Waals surface area contributed by atoms with E-state index in [4.69, 9.17) is 65.4 Å². The van der Waals surface area contributed by atoms with Gasteiger partial charge >= 0.3 is 35.8 Å². The summed E-state index contributed by atoms with van der Waals surface area (Å²) in [7, 11) is 0. The number of aryl methyl sites for hydroxylation is 6. The number of benzene rings is 6. The van der Waals surface area contributed by atoms with E-state index in [0.29, 0.717) is 41.5 Å². The molecule has 15 unspecified atom stereocenters. The van der Waals surface area contributed by atoms with E-state index in [1.54, 1.807) is 45.6 Å². The van der Waals surface area contributed by atoms with Gasteiger partial charge in [0.25, 0.3) is 0 Å². The van der Waals surface area contributed by atoms with Gasteiger partial charge in [-0.15, -0.1) is 0 Å². The zero-order chi connectivity index (χ0) is 86.1. The van der Waals surface area contributed by atoms with E-state index in [9.17, 15) is 87.7 Å². The van der Waals surface area contributed by atoms with Crippen LogP contribution in [0, 0.1) is 20.8 Å². The van der Waals surface area contributed by atoms with Gasteiger partial charge < -0.3 is 101 Å². The summed E-state index contributed by atoms with van der Waals surface area (Å²) in [6.07, 6.45) is -16.2. The minimum absolute atomic E-state index is 0.00464. The van der Waals surface area contributed by atoms with Crippen LogP contribution in [0.25, 0.3) is 32.9 Å². The molecular formula is C84H88BrF3O30. The summed E-state index contributed by atoms with van der Waals surface area (Å²) < 4.78 is 117. The van der Waals surface area contributed by atoms with Crippen molar-refractivity contribution in [3.63, 3.8) is 0 Å². The number of aliphatic hydroxyl groups excluding tert-OH is 3. The van der Waals surface area contributed by atoms with Crippen molar-refractivity contribution in [2.75, 3.05) is 19.8 Å². The molecule has 6 heterocycles. The number of carbonyl (C=O) groups excluding carboxylic acids is 9. The number of phenolic OH excluding ortho intramolecular Hbond substituents is 4. The van der Waals surface area contributed by atoms with Crippen LogP contribution in [0.4, 0.5) is 13.2 Å². The summed E-state index contributed by atoms with van der Waals surface area (Å²) in [6.45, 7) is 10.1. The molecule has 9 aromatic rings. The second-order valence-corrected chi connectivity index (χ2v) is 28.8. The van der Waals surface area contributed by atoms with E-state index < -0.39 is 152 Å². The number of alkyl halides is 4. The first-order chi connectivity index (χ1) is 56.0. The summed E-state index contributed by atoms with van der Waals surface area (Å²) in [4.78, 5) is 107. The quantitative estimate of drug-likeness (QED) is 0.0121. The molecule has 15 atom stereocenters. The number of hydrogen-bond donors (Lipinski definition) is 7. The maximum atomic E-state index is 15.5. The average molecular weight is 1710 g/mol. The SMILES string of the molecule is CC(=O)OCC1OC(Br)C(OC(C)=O)C(OC(C)=O)C1F.CC(=O)OCC1OC(Oc2cc(C)cc(O)c2C(=O)CCc2ccc3occc3c2)C(OC(C)=O)C(OC(C)=O)C1F.Cc1cc(O)c(C(=O)CCc2ccc3occc3c2)c(O)c1.Cc1cc(O)c(C(=O)CCc2ccc3occc3c2)c(OC2OC(CO)C(F)C(O)C2O)c1.